The Morgan fingerprint density at radius 1 is 1.09 bits per heavy atom. The average molecular weight is 497 g/mol. The Balaban J connectivity index is 2.53. The predicted octanol–water partition coefficient (Wildman–Crippen LogP) is 6.93. The first-order chi connectivity index (χ1) is 15.1. The molecular formula is C25H48N2O4Si2. The summed E-state index contributed by atoms with van der Waals surface area (Å²) in [5, 5.41) is 1.94. The van der Waals surface area contributed by atoms with Crippen molar-refractivity contribution in [3.8, 4) is 0 Å². The smallest absolute Gasteiger partial charge is 0.424 e. The van der Waals surface area contributed by atoms with Crippen LogP contribution < -0.4 is 5.43 Å². The lowest BCUT2D eigenvalue weighted by atomic mass is 9.99. The van der Waals surface area contributed by atoms with Crippen LogP contribution in [0, 0.1) is 0 Å². The molecule has 0 radical (unpaired) electrons. The summed E-state index contributed by atoms with van der Waals surface area (Å²) in [6.45, 7) is 24.5. The topological polar surface area (TPSA) is 63.9 Å². The van der Waals surface area contributed by atoms with Gasteiger partial charge in [0.25, 0.3) is 0 Å². The summed E-state index contributed by atoms with van der Waals surface area (Å²) in [5.74, 6) is 0.957. The largest absolute Gasteiger partial charge is 0.469 e. The molecule has 8 heteroatoms. The molecule has 0 spiro atoms. The predicted molar refractivity (Wildman–Crippen MR) is 141 cm³/mol. The lowest BCUT2D eigenvalue weighted by Crippen LogP contribution is -2.59. The maximum Gasteiger partial charge on any atom is 0.424 e. The van der Waals surface area contributed by atoms with E-state index < -0.39 is 22.0 Å². The van der Waals surface area contributed by atoms with E-state index in [1.165, 1.54) is 0 Å². The monoisotopic (exact) mass is 496 g/mol. The number of nitrogens with zero attached hydrogens (tertiary/aromatic N) is 1. The van der Waals surface area contributed by atoms with E-state index in [-0.39, 0.29) is 28.8 Å². The molecule has 0 aromatic carbocycles. The molecule has 33 heavy (non-hydrogen) atoms. The Kier molecular flexibility index (Phi) is 8.75. The molecule has 2 rings (SSSR count). The summed E-state index contributed by atoms with van der Waals surface area (Å²) in [7, 11) is -3.86. The van der Waals surface area contributed by atoms with Crippen LogP contribution in [0.3, 0.4) is 0 Å². The van der Waals surface area contributed by atoms with Crippen LogP contribution in [0.2, 0.25) is 36.3 Å². The Morgan fingerprint density at radius 2 is 1.67 bits per heavy atom. The van der Waals surface area contributed by atoms with Gasteiger partial charge in [0.15, 0.2) is 8.32 Å². The van der Waals surface area contributed by atoms with Gasteiger partial charge in [0.1, 0.15) is 11.4 Å². The minimum absolute atomic E-state index is 0.0313. The number of furan rings is 1. The number of hydrazine groups is 1. The van der Waals surface area contributed by atoms with Gasteiger partial charge in [0.05, 0.1) is 38.6 Å². The zero-order valence-electron chi connectivity index (χ0n) is 22.9. The van der Waals surface area contributed by atoms with Crippen LogP contribution in [-0.4, -0.2) is 51.4 Å². The molecule has 1 aliphatic rings. The molecule has 0 bridgehead atoms. The van der Waals surface area contributed by atoms with E-state index in [0.717, 1.165) is 23.9 Å². The quantitative estimate of drug-likeness (QED) is 0.395. The van der Waals surface area contributed by atoms with Crippen molar-refractivity contribution in [3.63, 3.8) is 0 Å². The molecule has 0 unspecified atom stereocenters. The second-order valence-electron chi connectivity index (χ2n) is 12.1. The van der Waals surface area contributed by atoms with E-state index >= 15 is 0 Å². The van der Waals surface area contributed by atoms with Gasteiger partial charge in [-0.3, -0.25) is 0 Å². The minimum atomic E-state index is -1.96. The van der Waals surface area contributed by atoms with Crippen molar-refractivity contribution in [2.45, 2.75) is 122 Å². The highest BCUT2D eigenvalue weighted by molar-refractivity contribution is 6.81. The van der Waals surface area contributed by atoms with Crippen LogP contribution >= 0.6 is 0 Å². The van der Waals surface area contributed by atoms with Gasteiger partial charge >= 0.3 is 6.09 Å². The maximum atomic E-state index is 13.5. The fourth-order valence-corrected chi connectivity index (χ4v) is 10.4. The number of carbonyl (C=O) groups excluding carboxylic acids is 1. The van der Waals surface area contributed by atoms with E-state index in [1.54, 1.807) is 6.26 Å². The first-order valence-corrected chi connectivity index (χ1v) is 18.2. The summed E-state index contributed by atoms with van der Waals surface area (Å²) in [4.78, 5) is 13.5. The van der Waals surface area contributed by atoms with Crippen LogP contribution in [0.5, 0.6) is 0 Å². The molecule has 1 fully saturated rings. The zero-order chi connectivity index (χ0) is 25.2. The normalized spacial score (nSPS) is 22.6. The highest BCUT2D eigenvalue weighted by atomic mass is 28.4. The lowest BCUT2D eigenvalue weighted by Gasteiger charge is -2.41. The molecule has 190 valence electrons. The fourth-order valence-electron chi connectivity index (χ4n) is 4.72. The maximum absolute atomic E-state index is 13.5. The molecule has 2 heterocycles. The van der Waals surface area contributed by atoms with E-state index in [0.29, 0.717) is 6.61 Å². The minimum Gasteiger partial charge on any atom is -0.469 e. The van der Waals surface area contributed by atoms with Crippen LogP contribution in [0.15, 0.2) is 22.8 Å². The van der Waals surface area contributed by atoms with Crippen LogP contribution in [-0.2, 0) is 9.16 Å². The zero-order valence-corrected chi connectivity index (χ0v) is 24.9. The van der Waals surface area contributed by atoms with Gasteiger partial charge in [-0.15, -0.1) is 0 Å². The van der Waals surface area contributed by atoms with Gasteiger partial charge < -0.3 is 13.6 Å². The molecule has 1 aromatic rings. The fraction of sp³-hybridized carbons (Fsp3) is 0.800. The molecular weight excluding hydrogens is 448 g/mol. The third-order valence-electron chi connectivity index (χ3n) is 7.99. The van der Waals surface area contributed by atoms with Crippen LogP contribution in [0.25, 0.3) is 0 Å². The number of nitrogens with one attached hydrogen (secondary N) is 1. The highest BCUT2D eigenvalue weighted by Gasteiger charge is 2.56. The van der Waals surface area contributed by atoms with Crippen molar-refractivity contribution in [3.05, 3.63) is 24.2 Å². The summed E-state index contributed by atoms with van der Waals surface area (Å²) in [6.07, 6.45) is 1.44. The molecule has 1 aliphatic heterocycles. The summed E-state index contributed by atoms with van der Waals surface area (Å²) in [6, 6.07) is 7.23. The third kappa shape index (κ3) is 6.13. The molecule has 1 saturated heterocycles. The van der Waals surface area contributed by atoms with E-state index in [1.807, 2.05) is 31.8 Å². The highest BCUT2D eigenvalue weighted by Crippen LogP contribution is 2.44. The van der Waals surface area contributed by atoms with E-state index in [9.17, 15) is 4.79 Å². The van der Waals surface area contributed by atoms with Gasteiger partial charge in [0, 0.05) is 0 Å². The number of hydrogen-bond acceptors (Lipinski definition) is 5. The summed E-state index contributed by atoms with van der Waals surface area (Å²) in [5.41, 5.74) is 3.04. The van der Waals surface area contributed by atoms with Gasteiger partial charge in [-0.1, -0.05) is 59.7 Å². The van der Waals surface area contributed by atoms with Gasteiger partial charge in [-0.25, -0.2) is 15.2 Å². The molecule has 0 saturated carbocycles. The number of amides is 1. The standard InChI is InChI=1S/C25H48N2O4Si2/c1-12-33(13-2,14-3)22-21(20-16-15-17-29-20)19(18-30-32(10,11)25(7,8)9)26-27(22)23(28)31-24(4,5)6/h15-17,19,21-22,26H,12-14,18H2,1-11H3/t19-,21+,22+/m1/s1. The Labute approximate surface area is 203 Å². The Hall–Kier alpha value is -1.10. The van der Waals surface area contributed by atoms with Gasteiger partial charge in [-0.2, -0.15) is 0 Å². The molecule has 1 N–H and O–H groups in total. The van der Waals surface area contributed by atoms with Crippen molar-refractivity contribution in [1.29, 1.82) is 0 Å². The van der Waals surface area contributed by atoms with Crippen molar-refractivity contribution in [2.24, 2.45) is 0 Å². The first kappa shape index (κ1) is 28.1. The second kappa shape index (κ2) is 10.3. The Bertz CT molecular complexity index is 756. The summed E-state index contributed by atoms with van der Waals surface area (Å²) >= 11 is 0. The number of carbonyl (C=O) groups is 1. The SMILES string of the molecule is CC[Si](CC)(CC)[C@H]1[C@H](c2ccco2)[C@@H](CO[Si](C)(C)C(C)(C)C)NN1C(=O)OC(C)(C)C. The van der Waals surface area contributed by atoms with E-state index in [2.05, 4.69) is 66.1 Å². The van der Waals surface area contributed by atoms with Crippen molar-refractivity contribution < 1.29 is 18.4 Å². The van der Waals surface area contributed by atoms with E-state index in [4.69, 9.17) is 13.6 Å². The van der Waals surface area contributed by atoms with Crippen LogP contribution in [0.4, 0.5) is 4.79 Å². The molecule has 1 aromatic heterocycles. The third-order valence-corrected chi connectivity index (χ3v) is 18.6. The number of rotatable bonds is 8. The van der Waals surface area contributed by atoms with Gasteiger partial charge in [0.2, 0.25) is 0 Å². The number of ether oxygens (including phenoxy) is 1. The summed E-state index contributed by atoms with van der Waals surface area (Å²) < 4.78 is 18.5. The van der Waals surface area contributed by atoms with Crippen LogP contribution in [0.1, 0.15) is 74.0 Å². The average Bonchev–Trinajstić information content (AvgIpc) is 3.34. The lowest BCUT2D eigenvalue weighted by molar-refractivity contribution is 0.0152. The van der Waals surface area contributed by atoms with Crippen molar-refractivity contribution in [2.75, 3.05) is 6.61 Å². The molecule has 6 nitrogen and oxygen atoms in total. The first-order valence-electron chi connectivity index (χ1n) is 12.6. The molecule has 0 aliphatic carbocycles. The van der Waals surface area contributed by atoms with Crippen molar-refractivity contribution >= 4 is 22.5 Å². The molecule has 3 atom stereocenters. The van der Waals surface area contributed by atoms with Gasteiger partial charge in [-0.05, 0) is 51.0 Å². The van der Waals surface area contributed by atoms with Crippen molar-refractivity contribution in [1.82, 2.24) is 10.4 Å². The Morgan fingerprint density at radius 3 is 2.09 bits per heavy atom. The number of hydrogen-bond donors (Lipinski definition) is 1. The second-order valence-corrected chi connectivity index (χ2v) is 22.3. The molecule has 1 amide bonds.